The van der Waals surface area contributed by atoms with Crippen LogP contribution in [0.2, 0.25) is 0 Å². The van der Waals surface area contributed by atoms with E-state index in [1.54, 1.807) is 6.07 Å². The summed E-state index contributed by atoms with van der Waals surface area (Å²) in [5.74, 6) is 0.636. The molecule has 170 valence electrons. The highest BCUT2D eigenvalue weighted by Crippen LogP contribution is 2.25. The van der Waals surface area contributed by atoms with Crippen molar-refractivity contribution in [1.82, 2.24) is 5.32 Å². The number of hydrogen-bond acceptors (Lipinski definition) is 4. The molecule has 3 rings (SSSR count). The van der Waals surface area contributed by atoms with Crippen molar-refractivity contribution >= 4 is 32.4 Å². The van der Waals surface area contributed by atoms with E-state index in [1.165, 1.54) is 10.6 Å². The van der Waals surface area contributed by atoms with Gasteiger partial charge >= 0.3 is 0 Å². The topological polar surface area (TPSA) is 75.7 Å². The number of benzene rings is 3. The SMILES string of the molecule is Cc1cccc(N(CCCC(=O)NCCOc2ccc3ccccc3c2)S(C)(=O)=O)c1C. The van der Waals surface area contributed by atoms with Gasteiger partial charge in [0.25, 0.3) is 0 Å². The zero-order valence-electron chi connectivity index (χ0n) is 18.8. The van der Waals surface area contributed by atoms with Crippen molar-refractivity contribution in [3.63, 3.8) is 0 Å². The van der Waals surface area contributed by atoms with E-state index in [1.807, 2.05) is 68.4 Å². The molecular formula is C25H30N2O4S. The molecule has 3 aromatic carbocycles. The average molecular weight is 455 g/mol. The summed E-state index contributed by atoms with van der Waals surface area (Å²) >= 11 is 0. The zero-order valence-corrected chi connectivity index (χ0v) is 19.6. The van der Waals surface area contributed by atoms with Crippen molar-refractivity contribution in [2.75, 3.05) is 30.3 Å². The van der Waals surface area contributed by atoms with E-state index in [2.05, 4.69) is 5.32 Å². The van der Waals surface area contributed by atoms with Crippen LogP contribution in [0.4, 0.5) is 5.69 Å². The van der Waals surface area contributed by atoms with E-state index >= 15 is 0 Å². The van der Waals surface area contributed by atoms with E-state index in [-0.39, 0.29) is 18.9 Å². The first-order valence-electron chi connectivity index (χ1n) is 10.7. The van der Waals surface area contributed by atoms with E-state index in [9.17, 15) is 13.2 Å². The van der Waals surface area contributed by atoms with Crippen LogP contribution in [0.5, 0.6) is 5.75 Å². The number of fused-ring (bicyclic) bond motifs is 1. The molecule has 7 heteroatoms. The van der Waals surface area contributed by atoms with Gasteiger partial charge in [0.05, 0.1) is 18.5 Å². The Morgan fingerprint density at radius 1 is 1.00 bits per heavy atom. The number of rotatable bonds is 10. The molecule has 1 amide bonds. The molecule has 6 nitrogen and oxygen atoms in total. The second-order valence-electron chi connectivity index (χ2n) is 7.87. The first-order valence-corrected chi connectivity index (χ1v) is 12.5. The predicted molar refractivity (Wildman–Crippen MR) is 130 cm³/mol. The molecule has 32 heavy (non-hydrogen) atoms. The Morgan fingerprint density at radius 3 is 2.50 bits per heavy atom. The smallest absolute Gasteiger partial charge is 0.232 e. The Hall–Kier alpha value is -3.06. The van der Waals surface area contributed by atoms with Gasteiger partial charge in [-0.1, -0.05) is 42.5 Å². The molecule has 0 fully saturated rings. The Labute approximate surface area is 190 Å². The molecule has 1 N–H and O–H groups in total. The third-order valence-electron chi connectivity index (χ3n) is 5.42. The second-order valence-corrected chi connectivity index (χ2v) is 9.77. The highest BCUT2D eigenvalue weighted by Gasteiger charge is 2.19. The average Bonchev–Trinajstić information content (AvgIpc) is 2.76. The van der Waals surface area contributed by atoms with Crippen LogP contribution in [0, 0.1) is 13.8 Å². The highest BCUT2D eigenvalue weighted by atomic mass is 32.2. The standard InChI is InChI=1S/C25H30N2O4S/c1-19-8-6-11-24(20(19)2)27(32(3,29)30)16-7-12-25(28)26-15-17-31-23-14-13-21-9-4-5-10-22(21)18-23/h4-6,8-11,13-14,18H,7,12,15-17H2,1-3H3,(H,26,28). The fourth-order valence-corrected chi connectivity index (χ4v) is 4.57. The van der Waals surface area contributed by atoms with E-state index in [0.717, 1.165) is 27.6 Å². The molecular weight excluding hydrogens is 424 g/mol. The van der Waals surface area contributed by atoms with Crippen LogP contribution in [0.15, 0.2) is 60.7 Å². The first-order chi connectivity index (χ1) is 15.3. The predicted octanol–water partition coefficient (Wildman–Crippen LogP) is 4.20. The molecule has 0 unspecified atom stereocenters. The molecule has 0 aromatic heterocycles. The molecule has 0 saturated heterocycles. The van der Waals surface area contributed by atoms with Crippen molar-refractivity contribution in [1.29, 1.82) is 0 Å². The zero-order chi connectivity index (χ0) is 23.1. The lowest BCUT2D eigenvalue weighted by molar-refractivity contribution is -0.121. The van der Waals surface area contributed by atoms with Crippen molar-refractivity contribution in [2.24, 2.45) is 0 Å². The van der Waals surface area contributed by atoms with Gasteiger partial charge < -0.3 is 10.1 Å². The number of amides is 1. The van der Waals surface area contributed by atoms with Crippen LogP contribution in [0.3, 0.4) is 0 Å². The van der Waals surface area contributed by atoms with E-state index < -0.39 is 10.0 Å². The Bertz CT molecular complexity index is 1190. The van der Waals surface area contributed by atoms with Crippen LogP contribution in [0.1, 0.15) is 24.0 Å². The summed E-state index contributed by atoms with van der Waals surface area (Å²) < 4.78 is 31.7. The fraction of sp³-hybridized carbons (Fsp3) is 0.320. The quantitative estimate of drug-likeness (QED) is 0.466. The summed E-state index contributed by atoms with van der Waals surface area (Å²) in [6.07, 6.45) is 1.86. The molecule has 0 spiro atoms. The van der Waals surface area contributed by atoms with Gasteiger partial charge in [0, 0.05) is 13.0 Å². The Kier molecular flexibility index (Phi) is 7.75. The maximum absolute atomic E-state index is 12.3. The minimum atomic E-state index is -3.44. The highest BCUT2D eigenvalue weighted by molar-refractivity contribution is 7.92. The fourth-order valence-electron chi connectivity index (χ4n) is 3.56. The summed E-state index contributed by atoms with van der Waals surface area (Å²) in [5, 5.41) is 5.09. The summed E-state index contributed by atoms with van der Waals surface area (Å²) in [6, 6.07) is 19.5. The van der Waals surface area contributed by atoms with Crippen LogP contribution < -0.4 is 14.4 Å². The number of nitrogens with zero attached hydrogens (tertiary/aromatic N) is 1. The van der Waals surface area contributed by atoms with Gasteiger partial charge in [-0.05, 0) is 60.4 Å². The van der Waals surface area contributed by atoms with Gasteiger partial charge in [0.2, 0.25) is 15.9 Å². The summed E-state index contributed by atoms with van der Waals surface area (Å²) in [6.45, 7) is 4.86. The largest absolute Gasteiger partial charge is 0.492 e. The Morgan fingerprint density at radius 2 is 1.75 bits per heavy atom. The minimum absolute atomic E-state index is 0.124. The molecule has 0 aliphatic carbocycles. The van der Waals surface area contributed by atoms with Crippen LogP contribution >= 0.6 is 0 Å². The van der Waals surface area contributed by atoms with Gasteiger partial charge in [0.1, 0.15) is 12.4 Å². The number of carbonyl (C=O) groups is 1. The monoisotopic (exact) mass is 454 g/mol. The molecule has 3 aromatic rings. The van der Waals surface area contributed by atoms with Gasteiger partial charge in [-0.15, -0.1) is 0 Å². The third kappa shape index (κ3) is 6.23. The number of anilines is 1. The minimum Gasteiger partial charge on any atom is -0.492 e. The van der Waals surface area contributed by atoms with E-state index in [0.29, 0.717) is 25.3 Å². The number of ether oxygens (including phenoxy) is 1. The lowest BCUT2D eigenvalue weighted by atomic mass is 10.1. The third-order valence-corrected chi connectivity index (χ3v) is 6.60. The van der Waals surface area contributed by atoms with Gasteiger partial charge in [0.15, 0.2) is 0 Å². The molecule has 0 heterocycles. The van der Waals surface area contributed by atoms with Gasteiger partial charge in [-0.2, -0.15) is 0 Å². The van der Waals surface area contributed by atoms with Crippen LogP contribution in [-0.2, 0) is 14.8 Å². The lowest BCUT2D eigenvalue weighted by Gasteiger charge is -2.24. The normalized spacial score (nSPS) is 11.3. The number of sulfonamides is 1. The second kappa shape index (κ2) is 10.5. The van der Waals surface area contributed by atoms with Crippen molar-refractivity contribution < 1.29 is 17.9 Å². The molecule has 0 saturated carbocycles. The first kappa shape index (κ1) is 23.6. The number of hydrogen-bond donors (Lipinski definition) is 1. The molecule has 0 atom stereocenters. The molecule has 0 radical (unpaired) electrons. The van der Waals surface area contributed by atoms with E-state index in [4.69, 9.17) is 4.74 Å². The van der Waals surface area contributed by atoms with Gasteiger partial charge in [-0.25, -0.2) is 8.42 Å². The lowest BCUT2D eigenvalue weighted by Crippen LogP contribution is -2.33. The van der Waals surface area contributed by atoms with Crippen LogP contribution in [0.25, 0.3) is 10.8 Å². The summed E-state index contributed by atoms with van der Waals surface area (Å²) in [4.78, 5) is 12.2. The van der Waals surface area contributed by atoms with Crippen molar-refractivity contribution in [3.05, 3.63) is 71.8 Å². The number of aryl methyl sites for hydroxylation is 1. The summed E-state index contributed by atoms with van der Waals surface area (Å²) in [5.41, 5.74) is 2.62. The number of carbonyl (C=O) groups excluding carboxylic acids is 1. The van der Waals surface area contributed by atoms with Gasteiger partial charge in [-0.3, -0.25) is 9.10 Å². The molecule has 0 aliphatic heterocycles. The summed E-state index contributed by atoms with van der Waals surface area (Å²) in [7, 11) is -3.44. The maximum atomic E-state index is 12.3. The van der Waals surface area contributed by atoms with Crippen molar-refractivity contribution in [2.45, 2.75) is 26.7 Å². The van der Waals surface area contributed by atoms with Crippen molar-refractivity contribution in [3.8, 4) is 5.75 Å². The van der Waals surface area contributed by atoms with Crippen LogP contribution in [-0.4, -0.2) is 40.3 Å². The Balaban J connectivity index is 1.44. The maximum Gasteiger partial charge on any atom is 0.232 e. The number of nitrogens with one attached hydrogen (secondary N) is 1. The molecule has 0 aliphatic rings. The molecule has 0 bridgehead atoms.